The Morgan fingerprint density at radius 1 is 1.18 bits per heavy atom. The first-order valence-corrected chi connectivity index (χ1v) is 6.57. The van der Waals surface area contributed by atoms with Gasteiger partial charge in [0.2, 0.25) is 0 Å². The van der Waals surface area contributed by atoms with Gasteiger partial charge in [0.05, 0.1) is 28.1 Å². The molecule has 0 saturated heterocycles. The second-order valence-electron chi connectivity index (χ2n) is 4.24. The van der Waals surface area contributed by atoms with Crippen LogP contribution in [0.2, 0.25) is 0 Å². The number of aromatic nitrogens is 2. The summed E-state index contributed by atoms with van der Waals surface area (Å²) in [4.78, 5) is 8.93. The summed E-state index contributed by atoms with van der Waals surface area (Å²) in [5, 5.41) is 6.65. The minimum Gasteiger partial charge on any atom is -0.375 e. The Labute approximate surface area is 106 Å². The predicted octanol–water partition coefficient (Wildman–Crippen LogP) is 3.64. The number of aryl methyl sites for hydroxylation is 3. The lowest BCUT2D eigenvalue weighted by molar-refractivity contribution is 0.840. The van der Waals surface area contributed by atoms with E-state index < -0.39 is 0 Å². The molecule has 1 unspecified atom stereocenters. The molecule has 2 rings (SSSR count). The molecule has 1 N–H and O–H groups in total. The minimum absolute atomic E-state index is 0.211. The molecule has 0 fully saturated rings. The molecule has 3 nitrogen and oxygen atoms in total. The molecule has 0 aliphatic rings. The molecule has 1 atom stereocenters. The first kappa shape index (κ1) is 12.0. The molecule has 0 aliphatic carbocycles. The summed E-state index contributed by atoms with van der Waals surface area (Å²) in [5.41, 5.74) is 4.25. The second-order valence-corrected chi connectivity index (χ2v) is 5.31. The molecule has 0 spiro atoms. The normalized spacial score (nSPS) is 12.5. The van der Waals surface area contributed by atoms with Crippen LogP contribution in [0.5, 0.6) is 0 Å². The molecule has 90 valence electrons. The fraction of sp³-hybridized carbons (Fsp3) is 0.385. The molecule has 4 heteroatoms. The Morgan fingerprint density at radius 2 is 1.94 bits per heavy atom. The molecule has 0 aromatic carbocycles. The minimum atomic E-state index is 0.211. The molecule has 0 radical (unpaired) electrons. The van der Waals surface area contributed by atoms with Crippen LogP contribution >= 0.6 is 11.3 Å². The molecular formula is C13H17N3S. The van der Waals surface area contributed by atoms with E-state index in [1.54, 1.807) is 11.3 Å². The SMILES string of the molecule is Cc1ccc(NC(C)c2csc(C)n2)c(C)n1. The Morgan fingerprint density at radius 3 is 2.53 bits per heavy atom. The zero-order valence-corrected chi connectivity index (χ0v) is 11.4. The van der Waals surface area contributed by atoms with Crippen LogP contribution in [0.25, 0.3) is 0 Å². The summed E-state index contributed by atoms with van der Waals surface area (Å²) in [6.07, 6.45) is 0. The van der Waals surface area contributed by atoms with E-state index in [4.69, 9.17) is 0 Å². The van der Waals surface area contributed by atoms with Crippen molar-refractivity contribution in [2.75, 3.05) is 5.32 Å². The Bertz CT molecular complexity index is 519. The highest BCUT2D eigenvalue weighted by Crippen LogP contribution is 2.22. The molecule has 0 amide bonds. The third-order valence-electron chi connectivity index (χ3n) is 2.68. The highest BCUT2D eigenvalue weighted by atomic mass is 32.1. The van der Waals surface area contributed by atoms with Crippen molar-refractivity contribution in [3.05, 3.63) is 39.6 Å². The summed E-state index contributed by atoms with van der Waals surface area (Å²) < 4.78 is 0. The summed E-state index contributed by atoms with van der Waals surface area (Å²) in [6, 6.07) is 4.31. The van der Waals surface area contributed by atoms with Crippen LogP contribution in [-0.4, -0.2) is 9.97 Å². The van der Waals surface area contributed by atoms with E-state index in [1.807, 2.05) is 26.8 Å². The molecule has 0 saturated carbocycles. The quantitative estimate of drug-likeness (QED) is 0.900. The van der Waals surface area contributed by atoms with E-state index in [9.17, 15) is 0 Å². The predicted molar refractivity (Wildman–Crippen MR) is 72.6 cm³/mol. The second kappa shape index (κ2) is 4.84. The largest absolute Gasteiger partial charge is 0.375 e. The third-order valence-corrected chi connectivity index (χ3v) is 3.47. The Kier molecular flexibility index (Phi) is 3.43. The zero-order valence-electron chi connectivity index (χ0n) is 10.6. The molecule has 0 aliphatic heterocycles. The van der Waals surface area contributed by atoms with Crippen LogP contribution in [0, 0.1) is 20.8 Å². The van der Waals surface area contributed by atoms with E-state index in [0.717, 1.165) is 27.8 Å². The highest BCUT2D eigenvalue weighted by molar-refractivity contribution is 7.09. The van der Waals surface area contributed by atoms with Crippen molar-refractivity contribution in [1.82, 2.24) is 9.97 Å². The van der Waals surface area contributed by atoms with Crippen molar-refractivity contribution in [3.63, 3.8) is 0 Å². The van der Waals surface area contributed by atoms with Crippen molar-refractivity contribution in [1.29, 1.82) is 0 Å². The number of thiazole rings is 1. The Balaban J connectivity index is 2.15. The smallest absolute Gasteiger partial charge is 0.0898 e. The van der Waals surface area contributed by atoms with Crippen LogP contribution < -0.4 is 5.32 Å². The molecule has 0 bridgehead atoms. The maximum absolute atomic E-state index is 4.49. The van der Waals surface area contributed by atoms with Crippen molar-refractivity contribution in [3.8, 4) is 0 Å². The van der Waals surface area contributed by atoms with Gasteiger partial charge in [0.1, 0.15) is 0 Å². The topological polar surface area (TPSA) is 37.8 Å². The van der Waals surface area contributed by atoms with E-state index in [0.29, 0.717) is 0 Å². The Hall–Kier alpha value is -1.42. The number of hydrogen-bond donors (Lipinski definition) is 1. The van der Waals surface area contributed by atoms with Crippen molar-refractivity contribution < 1.29 is 0 Å². The molecular weight excluding hydrogens is 230 g/mol. The van der Waals surface area contributed by atoms with Gasteiger partial charge in [-0.05, 0) is 39.8 Å². The molecule has 2 aromatic rings. The highest BCUT2D eigenvalue weighted by Gasteiger charge is 2.10. The van der Waals surface area contributed by atoms with Crippen LogP contribution in [0.1, 0.15) is 35.1 Å². The average molecular weight is 247 g/mol. The number of rotatable bonds is 3. The average Bonchev–Trinajstić information content (AvgIpc) is 2.69. The molecule has 2 heterocycles. The van der Waals surface area contributed by atoms with Crippen LogP contribution in [0.4, 0.5) is 5.69 Å². The summed E-state index contributed by atoms with van der Waals surface area (Å²) in [5.74, 6) is 0. The van der Waals surface area contributed by atoms with Crippen molar-refractivity contribution in [2.45, 2.75) is 33.7 Å². The van der Waals surface area contributed by atoms with Gasteiger partial charge in [0.15, 0.2) is 0 Å². The fourth-order valence-electron chi connectivity index (χ4n) is 1.73. The van der Waals surface area contributed by atoms with Gasteiger partial charge in [0.25, 0.3) is 0 Å². The molecule has 2 aromatic heterocycles. The van der Waals surface area contributed by atoms with Gasteiger partial charge in [0, 0.05) is 11.1 Å². The number of pyridine rings is 1. The summed E-state index contributed by atoms with van der Waals surface area (Å²) in [6.45, 7) is 8.17. The van der Waals surface area contributed by atoms with Gasteiger partial charge < -0.3 is 5.32 Å². The van der Waals surface area contributed by atoms with Gasteiger partial charge in [-0.3, -0.25) is 4.98 Å². The maximum Gasteiger partial charge on any atom is 0.0898 e. The van der Waals surface area contributed by atoms with E-state index in [1.165, 1.54) is 0 Å². The van der Waals surface area contributed by atoms with E-state index >= 15 is 0 Å². The first-order valence-electron chi connectivity index (χ1n) is 5.69. The summed E-state index contributed by atoms with van der Waals surface area (Å²) in [7, 11) is 0. The third kappa shape index (κ3) is 2.82. The van der Waals surface area contributed by atoms with E-state index in [-0.39, 0.29) is 6.04 Å². The zero-order chi connectivity index (χ0) is 12.4. The lowest BCUT2D eigenvalue weighted by atomic mass is 10.2. The molecule has 17 heavy (non-hydrogen) atoms. The number of hydrogen-bond acceptors (Lipinski definition) is 4. The van der Waals surface area contributed by atoms with Crippen LogP contribution in [0.15, 0.2) is 17.5 Å². The monoisotopic (exact) mass is 247 g/mol. The van der Waals surface area contributed by atoms with Gasteiger partial charge in [-0.25, -0.2) is 4.98 Å². The lowest BCUT2D eigenvalue weighted by Crippen LogP contribution is -2.09. The van der Waals surface area contributed by atoms with Gasteiger partial charge >= 0.3 is 0 Å². The van der Waals surface area contributed by atoms with Gasteiger partial charge in [-0.1, -0.05) is 0 Å². The maximum atomic E-state index is 4.49. The van der Waals surface area contributed by atoms with Crippen molar-refractivity contribution in [2.24, 2.45) is 0 Å². The van der Waals surface area contributed by atoms with E-state index in [2.05, 4.69) is 33.7 Å². The fourth-order valence-corrected chi connectivity index (χ4v) is 2.43. The lowest BCUT2D eigenvalue weighted by Gasteiger charge is -2.15. The first-order chi connectivity index (χ1) is 8.06. The van der Waals surface area contributed by atoms with Gasteiger partial charge in [-0.15, -0.1) is 11.3 Å². The van der Waals surface area contributed by atoms with Crippen molar-refractivity contribution >= 4 is 17.0 Å². The number of nitrogens with zero attached hydrogens (tertiary/aromatic N) is 2. The van der Waals surface area contributed by atoms with Crippen LogP contribution in [-0.2, 0) is 0 Å². The standard InChI is InChI=1S/C13H17N3S/c1-8-5-6-12(9(2)14-8)15-10(3)13-7-17-11(4)16-13/h5-7,10,15H,1-4H3. The number of nitrogens with one attached hydrogen (secondary N) is 1. The van der Waals surface area contributed by atoms with Crippen LogP contribution in [0.3, 0.4) is 0 Å². The van der Waals surface area contributed by atoms with Gasteiger partial charge in [-0.2, -0.15) is 0 Å². The summed E-state index contributed by atoms with van der Waals surface area (Å²) >= 11 is 1.68. The number of anilines is 1.